The molecule has 2 N–H and O–H groups in total. The number of carbonyl (C=O) groups is 3. The lowest BCUT2D eigenvalue weighted by atomic mass is 9.32. The number of aliphatic carboxylic acids is 1. The Hall–Kier alpha value is -1.59. The first-order valence-electron chi connectivity index (χ1n) is 17.2. The van der Waals surface area contributed by atoms with Gasteiger partial charge in [0, 0.05) is 5.41 Å². The zero-order valence-corrected chi connectivity index (χ0v) is 28.0. The fraction of sp³-hybridized carbons (Fsp3) is 0.917. The van der Waals surface area contributed by atoms with Gasteiger partial charge in [-0.25, -0.2) is 0 Å². The summed E-state index contributed by atoms with van der Waals surface area (Å²) in [5.74, 6) is 1.79. The Morgan fingerprint density at radius 2 is 1.50 bits per heavy atom. The Morgan fingerprint density at radius 3 is 2.12 bits per heavy atom. The van der Waals surface area contributed by atoms with Gasteiger partial charge in [-0.15, -0.1) is 0 Å². The Morgan fingerprint density at radius 1 is 0.810 bits per heavy atom. The second-order valence-corrected chi connectivity index (χ2v) is 17.3. The number of carboxylic acid groups (broad SMARTS) is 1. The van der Waals surface area contributed by atoms with Crippen molar-refractivity contribution in [2.45, 2.75) is 133 Å². The van der Waals surface area contributed by atoms with Gasteiger partial charge >= 0.3 is 11.9 Å². The standard InChI is InChI=1S/C36H59NO5/c1-21(2)23-12-17-36(31(41)37-20-28(38)39)19-18-34(8)24(29(23)36)10-11-26-33(7)15-14-27(42-30(40)22(3)4)32(5,6)25(33)13-16-35(26,34)9/h21-27,29H,10-20H2,1-9H3,(H,37,41)(H,38,39)/t23-,24+,25-,26+,27+,29+,33-,34+,35+,36-/m0/s1. The summed E-state index contributed by atoms with van der Waals surface area (Å²) in [5, 5.41) is 12.2. The molecule has 5 saturated carbocycles. The highest BCUT2D eigenvalue weighted by molar-refractivity contribution is 5.86. The number of rotatable bonds is 6. The molecule has 0 radical (unpaired) electrons. The summed E-state index contributed by atoms with van der Waals surface area (Å²) in [4.78, 5) is 37.9. The molecule has 5 aliphatic carbocycles. The minimum Gasteiger partial charge on any atom is -0.480 e. The smallest absolute Gasteiger partial charge is 0.322 e. The Kier molecular flexibility index (Phi) is 7.96. The minimum atomic E-state index is -0.968. The van der Waals surface area contributed by atoms with E-state index in [-0.39, 0.29) is 52.1 Å². The van der Waals surface area contributed by atoms with Crippen molar-refractivity contribution in [1.29, 1.82) is 0 Å². The van der Waals surface area contributed by atoms with Crippen LogP contribution in [0.4, 0.5) is 0 Å². The second kappa shape index (κ2) is 10.5. The normalized spacial score (nSPS) is 45.8. The van der Waals surface area contributed by atoms with Gasteiger partial charge in [0.25, 0.3) is 0 Å². The molecule has 0 aromatic rings. The highest BCUT2D eigenvalue weighted by Gasteiger charge is 2.72. The summed E-state index contributed by atoms with van der Waals surface area (Å²) < 4.78 is 6.17. The number of esters is 1. The van der Waals surface area contributed by atoms with Gasteiger partial charge in [-0.2, -0.15) is 0 Å². The largest absolute Gasteiger partial charge is 0.480 e. The highest BCUT2D eigenvalue weighted by atomic mass is 16.5. The van der Waals surface area contributed by atoms with Crippen molar-refractivity contribution in [2.24, 2.45) is 68.5 Å². The van der Waals surface area contributed by atoms with Crippen LogP contribution in [-0.4, -0.2) is 35.6 Å². The Bertz CT molecular complexity index is 1100. The lowest BCUT2D eigenvalue weighted by Gasteiger charge is -2.73. The van der Waals surface area contributed by atoms with Crippen molar-refractivity contribution in [3.05, 3.63) is 0 Å². The molecule has 1 amide bonds. The molecule has 6 heteroatoms. The molecule has 0 heterocycles. The minimum absolute atomic E-state index is 0.000867. The molecule has 0 aromatic heterocycles. The van der Waals surface area contributed by atoms with E-state index >= 15 is 0 Å². The molecule has 0 aromatic carbocycles. The van der Waals surface area contributed by atoms with E-state index in [1.165, 1.54) is 12.8 Å². The maximum atomic E-state index is 13.9. The molecule has 5 rings (SSSR count). The van der Waals surface area contributed by atoms with Gasteiger partial charge in [0.15, 0.2) is 0 Å². The van der Waals surface area contributed by atoms with Crippen molar-refractivity contribution in [3.63, 3.8) is 0 Å². The number of hydrogen-bond donors (Lipinski definition) is 2. The second-order valence-electron chi connectivity index (χ2n) is 17.3. The topological polar surface area (TPSA) is 92.7 Å². The van der Waals surface area contributed by atoms with E-state index in [2.05, 4.69) is 53.8 Å². The molecule has 0 unspecified atom stereocenters. The highest BCUT2D eigenvalue weighted by Crippen LogP contribution is 2.77. The van der Waals surface area contributed by atoms with Crippen LogP contribution in [0.3, 0.4) is 0 Å². The van der Waals surface area contributed by atoms with Gasteiger partial charge in [-0.1, -0.05) is 62.3 Å². The number of carboxylic acids is 1. The average molecular weight is 586 g/mol. The molecule has 42 heavy (non-hydrogen) atoms. The van der Waals surface area contributed by atoms with Gasteiger partial charge in [-0.05, 0) is 116 Å². The summed E-state index contributed by atoms with van der Waals surface area (Å²) in [5.41, 5.74) is 0.0416. The lowest BCUT2D eigenvalue weighted by Crippen LogP contribution is -2.67. The van der Waals surface area contributed by atoms with E-state index < -0.39 is 11.4 Å². The number of hydrogen-bond acceptors (Lipinski definition) is 4. The van der Waals surface area contributed by atoms with Crippen LogP contribution in [-0.2, 0) is 19.1 Å². The maximum absolute atomic E-state index is 13.9. The molecule has 0 bridgehead atoms. The third-order valence-corrected chi connectivity index (χ3v) is 14.9. The molecule has 0 spiro atoms. The van der Waals surface area contributed by atoms with Gasteiger partial charge < -0.3 is 15.2 Å². The fourth-order valence-electron chi connectivity index (χ4n) is 12.6. The van der Waals surface area contributed by atoms with Crippen LogP contribution in [0.2, 0.25) is 0 Å². The first-order valence-corrected chi connectivity index (χ1v) is 17.2. The third kappa shape index (κ3) is 4.41. The first-order chi connectivity index (χ1) is 19.5. The van der Waals surface area contributed by atoms with E-state index in [0.717, 1.165) is 51.4 Å². The predicted molar refractivity (Wildman–Crippen MR) is 164 cm³/mol. The third-order valence-electron chi connectivity index (χ3n) is 14.9. The van der Waals surface area contributed by atoms with E-state index in [9.17, 15) is 19.5 Å². The number of amides is 1. The summed E-state index contributed by atoms with van der Waals surface area (Å²) in [6.45, 7) is 20.7. The quantitative estimate of drug-likeness (QED) is 0.315. The van der Waals surface area contributed by atoms with Crippen molar-refractivity contribution in [1.82, 2.24) is 5.32 Å². The summed E-state index contributed by atoms with van der Waals surface area (Å²) >= 11 is 0. The molecule has 238 valence electrons. The fourth-order valence-corrected chi connectivity index (χ4v) is 12.6. The Labute approximate surface area is 254 Å². The van der Waals surface area contributed by atoms with Crippen molar-refractivity contribution in [3.8, 4) is 0 Å². The number of carbonyl (C=O) groups excluding carboxylic acids is 2. The number of nitrogens with one attached hydrogen (secondary N) is 1. The summed E-state index contributed by atoms with van der Waals surface area (Å²) in [6, 6.07) is 0. The zero-order valence-electron chi connectivity index (χ0n) is 28.0. The molecule has 5 fully saturated rings. The monoisotopic (exact) mass is 585 g/mol. The van der Waals surface area contributed by atoms with Crippen LogP contribution >= 0.6 is 0 Å². The first kappa shape index (κ1) is 31.8. The van der Waals surface area contributed by atoms with Crippen LogP contribution in [0, 0.1) is 68.5 Å². The van der Waals surface area contributed by atoms with Crippen LogP contribution < -0.4 is 5.32 Å². The number of fused-ring (bicyclic) bond motifs is 7. The average Bonchev–Trinajstić information content (AvgIpc) is 3.30. The SMILES string of the molecule is CC(C)C(=O)O[C@@H]1CC[C@]2(C)[C@H]3CC[C@@H]4[C@H]5[C@H](C(C)C)CC[C@]5(C(=O)NCC(=O)O)CC[C@@]4(C)[C@]3(C)CC[C@H]2C1(C)C. The molecule has 0 aliphatic heterocycles. The van der Waals surface area contributed by atoms with Crippen molar-refractivity contribution < 1.29 is 24.2 Å². The van der Waals surface area contributed by atoms with Crippen molar-refractivity contribution in [2.75, 3.05) is 6.54 Å². The van der Waals surface area contributed by atoms with E-state index in [4.69, 9.17) is 4.74 Å². The number of ether oxygens (including phenoxy) is 1. The molecule has 10 atom stereocenters. The van der Waals surface area contributed by atoms with Crippen LogP contribution in [0.1, 0.15) is 127 Å². The molecular formula is C36H59NO5. The van der Waals surface area contributed by atoms with Crippen LogP contribution in [0.25, 0.3) is 0 Å². The molecule has 5 aliphatic rings. The van der Waals surface area contributed by atoms with Gasteiger partial charge in [0.2, 0.25) is 5.91 Å². The van der Waals surface area contributed by atoms with E-state index in [1.54, 1.807) is 0 Å². The van der Waals surface area contributed by atoms with Gasteiger partial charge in [-0.3, -0.25) is 14.4 Å². The van der Waals surface area contributed by atoms with E-state index in [0.29, 0.717) is 35.5 Å². The van der Waals surface area contributed by atoms with E-state index in [1.807, 2.05) is 13.8 Å². The molecular weight excluding hydrogens is 526 g/mol. The Balaban J connectivity index is 1.47. The van der Waals surface area contributed by atoms with Crippen LogP contribution in [0.5, 0.6) is 0 Å². The van der Waals surface area contributed by atoms with Crippen molar-refractivity contribution >= 4 is 17.8 Å². The van der Waals surface area contributed by atoms with Gasteiger partial charge in [0.1, 0.15) is 12.6 Å². The summed E-state index contributed by atoms with van der Waals surface area (Å²) in [6.07, 6.45) is 10.6. The maximum Gasteiger partial charge on any atom is 0.322 e. The lowest BCUT2D eigenvalue weighted by molar-refractivity contribution is -0.250. The predicted octanol–water partition coefficient (Wildman–Crippen LogP) is 7.49. The van der Waals surface area contributed by atoms with Crippen LogP contribution in [0.15, 0.2) is 0 Å². The summed E-state index contributed by atoms with van der Waals surface area (Å²) in [7, 11) is 0. The molecule has 6 nitrogen and oxygen atoms in total. The van der Waals surface area contributed by atoms with Gasteiger partial charge in [0.05, 0.1) is 11.3 Å². The molecule has 0 saturated heterocycles. The zero-order chi connectivity index (χ0) is 31.0.